The van der Waals surface area contributed by atoms with Gasteiger partial charge in [-0.3, -0.25) is 4.40 Å². The Balaban J connectivity index is 1.88. The molecule has 1 atom stereocenters. The molecule has 2 aromatic rings. The second-order valence-corrected chi connectivity index (χ2v) is 6.06. The van der Waals surface area contributed by atoms with Gasteiger partial charge in [0, 0.05) is 43.0 Å². The van der Waals surface area contributed by atoms with Gasteiger partial charge < -0.3 is 9.64 Å². The number of nitrogens with zero attached hydrogens (tertiary/aromatic N) is 3. The maximum Gasteiger partial charge on any atom is 0.195 e. The minimum Gasteiger partial charge on any atom is -0.384 e. The van der Waals surface area contributed by atoms with Gasteiger partial charge in [-0.1, -0.05) is 15.9 Å². The molecule has 1 aliphatic heterocycles. The summed E-state index contributed by atoms with van der Waals surface area (Å²) in [6, 6.07) is 0. The Morgan fingerprint density at radius 1 is 1.61 bits per heavy atom. The number of alkyl halides is 1. The highest BCUT2D eigenvalue weighted by molar-refractivity contribution is 9.08. The van der Waals surface area contributed by atoms with Crippen molar-refractivity contribution in [2.24, 2.45) is 5.92 Å². The van der Waals surface area contributed by atoms with E-state index < -0.39 is 0 Å². The van der Waals surface area contributed by atoms with Crippen LogP contribution in [0.1, 0.15) is 12.1 Å². The highest BCUT2D eigenvalue weighted by Crippen LogP contribution is 2.30. The molecule has 0 spiro atoms. The van der Waals surface area contributed by atoms with E-state index in [1.165, 1.54) is 12.1 Å². The van der Waals surface area contributed by atoms with Gasteiger partial charge in [0.25, 0.3) is 0 Å². The SMILES string of the molecule is COCC1CCN(c2nc3sccn3c2CBr)C1. The molecule has 6 heteroatoms. The molecule has 3 heterocycles. The third kappa shape index (κ3) is 2.06. The van der Waals surface area contributed by atoms with E-state index in [0.717, 1.165) is 35.8 Å². The van der Waals surface area contributed by atoms with Gasteiger partial charge in [0.15, 0.2) is 10.8 Å². The third-order valence-electron chi connectivity index (χ3n) is 3.45. The predicted octanol–water partition coefficient (Wildman–Crippen LogP) is 2.76. The molecule has 1 saturated heterocycles. The molecule has 0 radical (unpaired) electrons. The van der Waals surface area contributed by atoms with Crippen molar-refractivity contribution in [2.75, 3.05) is 31.7 Å². The average Bonchev–Trinajstić information content (AvgIpc) is 3.01. The lowest BCUT2D eigenvalue weighted by Crippen LogP contribution is -2.22. The molecule has 1 aliphatic rings. The summed E-state index contributed by atoms with van der Waals surface area (Å²) >= 11 is 5.27. The van der Waals surface area contributed by atoms with Gasteiger partial charge >= 0.3 is 0 Å². The van der Waals surface area contributed by atoms with Crippen LogP contribution in [-0.4, -0.2) is 36.2 Å². The maximum absolute atomic E-state index is 5.25. The zero-order chi connectivity index (χ0) is 12.5. The first-order valence-corrected chi connectivity index (χ1v) is 8.08. The van der Waals surface area contributed by atoms with Crippen LogP contribution in [0.3, 0.4) is 0 Å². The maximum atomic E-state index is 5.25. The van der Waals surface area contributed by atoms with E-state index in [9.17, 15) is 0 Å². The second-order valence-electron chi connectivity index (χ2n) is 4.63. The van der Waals surface area contributed by atoms with Crippen LogP contribution in [0.5, 0.6) is 0 Å². The Bertz CT molecular complexity index is 538. The van der Waals surface area contributed by atoms with Gasteiger partial charge in [-0.2, -0.15) is 0 Å². The first-order chi connectivity index (χ1) is 8.83. The molecule has 0 aromatic carbocycles. The zero-order valence-corrected chi connectivity index (χ0v) is 12.7. The summed E-state index contributed by atoms with van der Waals surface area (Å²) in [4.78, 5) is 8.22. The van der Waals surface area contributed by atoms with E-state index in [1.54, 1.807) is 18.4 Å². The van der Waals surface area contributed by atoms with E-state index in [4.69, 9.17) is 9.72 Å². The van der Waals surface area contributed by atoms with Gasteiger partial charge in [-0.05, 0) is 6.42 Å². The fraction of sp³-hybridized carbons (Fsp3) is 0.583. The molecular formula is C12H16BrN3OS. The van der Waals surface area contributed by atoms with Crippen molar-refractivity contribution in [2.45, 2.75) is 11.8 Å². The van der Waals surface area contributed by atoms with Crippen LogP contribution >= 0.6 is 27.3 Å². The molecular weight excluding hydrogens is 314 g/mol. The number of imidazole rings is 1. The van der Waals surface area contributed by atoms with Crippen molar-refractivity contribution < 1.29 is 4.74 Å². The van der Waals surface area contributed by atoms with Crippen LogP contribution in [0.2, 0.25) is 0 Å². The van der Waals surface area contributed by atoms with Crippen molar-refractivity contribution in [1.82, 2.24) is 9.38 Å². The van der Waals surface area contributed by atoms with Crippen molar-refractivity contribution >= 4 is 38.0 Å². The number of fused-ring (bicyclic) bond motifs is 1. The van der Waals surface area contributed by atoms with Crippen LogP contribution < -0.4 is 4.90 Å². The van der Waals surface area contributed by atoms with Crippen LogP contribution in [0, 0.1) is 5.92 Å². The number of hydrogen-bond donors (Lipinski definition) is 0. The minimum absolute atomic E-state index is 0.637. The number of rotatable bonds is 4. The number of methoxy groups -OCH3 is 1. The lowest BCUT2D eigenvalue weighted by atomic mass is 10.1. The monoisotopic (exact) mass is 329 g/mol. The molecule has 98 valence electrons. The topological polar surface area (TPSA) is 29.8 Å². The molecule has 4 nitrogen and oxygen atoms in total. The van der Waals surface area contributed by atoms with Crippen LogP contribution in [-0.2, 0) is 10.1 Å². The largest absolute Gasteiger partial charge is 0.384 e. The minimum atomic E-state index is 0.637. The Kier molecular flexibility index (Phi) is 3.59. The summed E-state index contributed by atoms with van der Waals surface area (Å²) in [5.41, 5.74) is 1.25. The molecule has 0 amide bonds. The first-order valence-electron chi connectivity index (χ1n) is 6.07. The number of anilines is 1. The van der Waals surface area contributed by atoms with Crippen LogP contribution in [0.25, 0.3) is 4.96 Å². The standard InChI is InChI=1S/C12H16BrN3OS/c1-17-8-9-2-3-15(7-9)11-10(6-13)16-4-5-18-12(16)14-11/h4-5,9H,2-3,6-8H2,1H3. The number of thiazole rings is 1. The Morgan fingerprint density at radius 2 is 2.50 bits per heavy atom. The first kappa shape index (κ1) is 12.4. The Hall–Kier alpha value is -0.590. The lowest BCUT2D eigenvalue weighted by Gasteiger charge is -2.17. The van der Waals surface area contributed by atoms with Gasteiger partial charge in [0.1, 0.15) is 0 Å². The summed E-state index contributed by atoms with van der Waals surface area (Å²) in [6.45, 7) is 2.99. The molecule has 0 aliphatic carbocycles. The fourth-order valence-corrected chi connectivity index (χ4v) is 3.84. The summed E-state index contributed by atoms with van der Waals surface area (Å²) in [7, 11) is 1.78. The van der Waals surface area contributed by atoms with Gasteiger partial charge in [0.05, 0.1) is 12.3 Å². The second kappa shape index (κ2) is 5.19. The number of halogens is 1. The van der Waals surface area contributed by atoms with Crippen molar-refractivity contribution in [1.29, 1.82) is 0 Å². The summed E-state index contributed by atoms with van der Waals surface area (Å²) < 4.78 is 7.43. The highest BCUT2D eigenvalue weighted by atomic mass is 79.9. The van der Waals surface area contributed by atoms with Gasteiger partial charge in [-0.15, -0.1) is 11.3 Å². The highest BCUT2D eigenvalue weighted by Gasteiger charge is 2.26. The van der Waals surface area contributed by atoms with Crippen molar-refractivity contribution in [3.63, 3.8) is 0 Å². The normalized spacial score (nSPS) is 20.1. The van der Waals surface area contributed by atoms with Gasteiger partial charge in [0.2, 0.25) is 0 Å². The zero-order valence-electron chi connectivity index (χ0n) is 10.3. The summed E-state index contributed by atoms with van der Waals surface area (Å²) in [6.07, 6.45) is 3.29. The molecule has 18 heavy (non-hydrogen) atoms. The summed E-state index contributed by atoms with van der Waals surface area (Å²) in [5, 5.41) is 2.92. The molecule has 3 rings (SSSR count). The molecule has 1 unspecified atom stereocenters. The fourth-order valence-electron chi connectivity index (χ4n) is 2.60. The third-order valence-corrected chi connectivity index (χ3v) is 4.74. The van der Waals surface area contributed by atoms with E-state index in [1.807, 2.05) is 0 Å². The van der Waals surface area contributed by atoms with E-state index in [0.29, 0.717) is 5.92 Å². The number of hydrogen-bond acceptors (Lipinski definition) is 4. The van der Waals surface area contributed by atoms with Crippen LogP contribution in [0.4, 0.5) is 5.82 Å². The Morgan fingerprint density at radius 3 is 3.28 bits per heavy atom. The van der Waals surface area contributed by atoms with Crippen molar-refractivity contribution in [3.05, 3.63) is 17.3 Å². The van der Waals surface area contributed by atoms with Crippen LogP contribution in [0.15, 0.2) is 11.6 Å². The quantitative estimate of drug-likeness (QED) is 0.808. The predicted molar refractivity (Wildman–Crippen MR) is 77.9 cm³/mol. The number of ether oxygens (including phenoxy) is 1. The van der Waals surface area contributed by atoms with E-state index in [-0.39, 0.29) is 0 Å². The molecule has 0 saturated carbocycles. The number of aromatic nitrogens is 2. The molecule has 1 fully saturated rings. The summed E-state index contributed by atoms with van der Waals surface area (Å²) in [5.74, 6) is 1.77. The Labute approximate surface area is 119 Å². The lowest BCUT2D eigenvalue weighted by molar-refractivity contribution is 0.161. The van der Waals surface area contributed by atoms with E-state index in [2.05, 4.69) is 36.8 Å². The molecule has 0 N–H and O–H groups in total. The van der Waals surface area contributed by atoms with E-state index >= 15 is 0 Å². The molecule has 0 bridgehead atoms. The van der Waals surface area contributed by atoms with Gasteiger partial charge in [-0.25, -0.2) is 4.98 Å². The molecule has 2 aromatic heterocycles. The van der Waals surface area contributed by atoms with Crippen molar-refractivity contribution in [3.8, 4) is 0 Å². The smallest absolute Gasteiger partial charge is 0.195 e. The average molecular weight is 330 g/mol.